The van der Waals surface area contributed by atoms with Crippen LogP contribution in [0.25, 0.3) is 0 Å². The van der Waals surface area contributed by atoms with Crippen LogP contribution >= 0.6 is 0 Å². The molecular weight excluding hydrogens is 224 g/mol. The molecule has 0 aromatic rings. The predicted octanol–water partition coefficient (Wildman–Crippen LogP) is 0.452. The summed E-state index contributed by atoms with van der Waals surface area (Å²) in [5.74, 6) is 0.926. The van der Waals surface area contributed by atoms with Gasteiger partial charge in [-0.1, -0.05) is 6.92 Å². The minimum absolute atomic E-state index is 0.205. The fourth-order valence-electron chi connectivity index (χ4n) is 2.74. The lowest BCUT2D eigenvalue weighted by atomic mass is 10.1. The summed E-state index contributed by atoms with van der Waals surface area (Å²) in [5, 5.41) is 3.15. The predicted molar refractivity (Wildman–Crippen MR) is 65.0 cm³/mol. The molecule has 0 spiro atoms. The molecule has 5 heteroatoms. The highest BCUT2D eigenvalue weighted by Gasteiger charge is 2.34. The molecule has 16 heavy (non-hydrogen) atoms. The Balaban J connectivity index is 2.09. The van der Waals surface area contributed by atoms with Crippen molar-refractivity contribution < 1.29 is 8.42 Å². The van der Waals surface area contributed by atoms with Crippen molar-refractivity contribution in [3.05, 3.63) is 0 Å². The average Bonchev–Trinajstić information content (AvgIpc) is 2.42. The van der Waals surface area contributed by atoms with Crippen LogP contribution in [0.2, 0.25) is 0 Å². The molecule has 94 valence electrons. The van der Waals surface area contributed by atoms with E-state index in [4.69, 9.17) is 0 Å². The van der Waals surface area contributed by atoms with Gasteiger partial charge in [-0.3, -0.25) is 4.90 Å². The molecule has 2 atom stereocenters. The summed E-state index contributed by atoms with van der Waals surface area (Å²) in [6.07, 6.45) is 2.73. The maximum Gasteiger partial charge on any atom is 0.166 e. The molecule has 0 amide bonds. The summed E-state index contributed by atoms with van der Waals surface area (Å²) < 4.78 is 24.1. The van der Waals surface area contributed by atoms with Crippen LogP contribution in [0.5, 0.6) is 0 Å². The Labute approximate surface area is 98.3 Å². The van der Waals surface area contributed by atoms with Crippen molar-refractivity contribution in [3.63, 3.8) is 0 Å². The van der Waals surface area contributed by atoms with Crippen LogP contribution in [-0.4, -0.2) is 50.6 Å². The van der Waals surface area contributed by atoms with Gasteiger partial charge in [0.1, 0.15) is 5.37 Å². The summed E-state index contributed by atoms with van der Waals surface area (Å²) in [6, 6.07) is 0. The van der Waals surface area contributed by atoms with Gasteiger partial charge in [-0.05, 0) is 31.7 Å². The second kappa shape index (κ2) is 5.02. The van der Waals surface area contributed by atoms with Crippen LogP contribution in [0.4, 0.5) is 0 Å². The van der Waals surface area contributed by atoms with Crippen LogP contribution in [0.3, 0.4) is 0 Å². The molecule has 0 bridgehead atoms. The second-order valence-corrected chi connectivity index (χ2v) is 7.40. The van der Waals surface area contributed by atoms with Gasteiger partial charge in [-0.15, -0.1) is 0 Å². The zero-order valence-electron chi connectivity index (χ0n) is 9.98. The largest absolute Gasteiger partial charge is 0.315 e. The number of rotatable bonds is 1. The molecule has 2 aliphatic rings. The highest BCUT2D eigenvalue weighted by Crippen LogP contribution is 2.23. The molecule has 2 rings (SSSR count). The normalized spacial score (nSPS) is 36.8. The molecule has 2 aliphatic heterocycles. The summed E-state index contributed by atoms with van der Waals surface area (Å²) in [4.78, 5) is 2.18. The van der Waals surface area contributed by atoms with Crippen molar-refractivity contribution in [1.29, 1.82) is 0 Å². The third kappa shape index (κ3) is 2.76. The molecule has 0 aromatic heterocycles. The standard InChI is InChI=1S/C11H22N2O2S/c1-10-8-12-5-6-13(9-10)11-4-2-3-7-16(11,14)15/h10-12H,2-9H2,1H3. The van der Waals surface area contributed by atoms with Gasteiger partial charge in [-0.2, -0.15) is 0 Å². The highest BCUT2D eigenvalue weighted by atomic mass is 32.2. The molecule has 0 radical (unpaired) electrons. The van der Waals surface area contributed by atoms with Crippen LogP contribution in [0, 0.1) is 5.92 Å². The first-order chi connectivity index (χ1) is 7.59. The monoisotopic (exact) mass is 246 g/mol. The Bertz CT molecular complexity index is 329. The first kappa shape index (κ1) is 12.3. The van der Waals surface area contributed by atoms with Crippen LogP contribution in [0.1, 0.15) is 26.2 Å². The van der Waals surface area contributed by atoms with Crippen molar-refractivity contribution in [2.75, 3.05) is 31.9 Å². The van der Waals surface area contributed by atoms with Crippen LogP contribution < -0.4 is 5.32 Å². The Morgan fingerprint density at radius 1 is 1.31 bits per heavy atom. The van der Waals surface area contributed by atoms with Crippen molar-refractivity contribution >= 4 is 9.84 Å². The van der Waals surface area contributed by atoms with Crippen LogP contribution in [0.15, 0.2) is 0 Å². The van der Waals surface area contributed by atoms with E-state index in [0.717, 1.165) is 45.4 Å². The first-order valence-electron chi connectivity index (χ1n) is 6.26. The maximum absolute atomic E-state index is 12.0. The highest BCUT2D eigenvalue weighted by molar-refractivity contribution is 7.92. The summed E-state index contributed by atoms with van der Waals surface area (Å²) >= 11 is 0. The van der Waals surface area contributed by atoms with Gasteiger partial charge in [0.25, 0.3) is 0 Å². The van der Waals surface area contributed by atoms with Crippen molar-refractivity contribution in [1.82, 2.24) is 10.2 Å². The molecule has 0 aromatic carbocycles. The Morgan fingerprint density at radius 2 is 2.12 bits per heavy atom. The molecular formula is C11H22N2O2S. The third-order valence-corrected chi connectivity index (χ3v) is 5.79. The zero-order valence-corrected chi connectivity index (χ0v) is 10.8. The molecule has 2 fully saturated rings. The smallest absolute Gasteiger partial charge is 0.166 e. The SMILES string of the molecule is CC1CNCCN(C2CCCCS2(=O)=O)C1. The van der Waals surface area contributed by atoms with E-state index in [0.29, 0.717) is 11.7 Å². The number of sulfone groups is 1. The van der Waals surface area contributed by atoms with Gasteiger partial charge in [0.05, 0.1) is 5.75 Å². The third-order valence-electron chi connectivity index (χ3n) is 3.57. The van der Waals surface area contributed by atoms with Crippen molar-refractivity contribution in [3.8, 4) is 0 Å². The molecule has 2 unspecified atom stereocenters. The maximum atomic E-state index is 12.0. The van der Waals surface area contributed by atoms with E-state index in [2.05, 4.69) is 17.1 Å². The molecule has 0 saturated carbocycles. The Kier molecular flexibility index (Phi) is 3.87. The summed E-state index contributed by atoms with van der Waals surface area (Å²) in [6.45, 7) is 5.88. The van der Waals surface area contributed by atoms with Gasteiger partial charge in [-0.25, -0.2) is 8.42 Å². The van der Waals surface area contributed by atoms with E-state index in [9.17, 15) is 8.42 Å². The van der Waals surface area contributed by atoms with Crippen molar-refractivity contribution in [2.45, 2.75) is 31.6 Å². The fourth-order valence-corrected chi connectivity index (χ4v) is 4.79. The lowest BCUT2D eigenvalue weighted by Crippen LogP contribution is -2.46. The van der Waals surface area contributed by atoms with Gasteiger partial charge < -0.3 is 5.32 Å². The molecule has 4 nitrogen and oxygen atoms in total. The van der Waals surface area contributed by atoms with E-state index >= 15 is 0 Å². The minimum atomic E-state index is -2.86. The topological polar surface area (TPSA) is 49.4 Å². The van der Waals surface area contributed by atoms with Crippen LogP contribution in [-0.2, 0) is 9.84 Å². The fraction of sp³-hybridized carbons (Fsp3) is 1.00. The lowest BCUT2D eigenvalue weighted by Gasteiger charge is -2.33. The Morgan fingerprint density at radius 3 is 2.88 bits per heavy atom. The van der Waals surface area contributed by atoms with E-state index in [-0.39, 0.29) is 5.37 Å². The van der Waals surface area contributed by atoms with Gasteiger partial charge in [0.15, 0.2) is 9.84 Å². The molecule has 2 heterocycles. The minimum Gasteiger partial charge on any atom is -0.315 e. The number of nitrogens with zero attached hydrogens (tertiary/aromatic N) is 1. The number of nitrogens with one attached hydrogen (secondary N) is 1. The number of hydrogen-bond donors (Lipinski definition) is 1. The second-order valence-electron chi connectivity index (χ2n) is 5.12. The molecule has 0 aliphatic carbocycles. The zero-order chi connectivity index (χ0) is 11.6. The lowest BCUT2D eigenvalue weighted by molar-refractivity contribution is 0.224. The van der Waals surface area contributed by atoms with Gasteiger partial charge >= 0.3 is 0 Å². The average molecular weight is 246 g/mol. The van der Waals surface area contributed by atoms with E-state index in [1.165, 1.54) is 0 Å². The van der Waals surface area contributed by atoms with Crippen molar-refractivity contribution in [2.24, 2.45) is 5.92 Å². The molecule has 2 saturated heterocycles. The molecule has 1 N–H and O–H groups in total. The van der Waals surface area contributed by atoms with E-state index < -0.39 is 9.84 Å². The first-order valence-corrected chi connectivity index (χ1v) is 7.97. The quantitative estimate of drug-likeness (QED) is 0.730. The van der Waals surface area contributed by atoms with E-state index in [1.54, 1.807) is 0 Å². The Hall–Kier alpha value is -0.130. The summed E-state index contributed by atoms with van der Waals surface area (Å²) in [5.41, 5.74) is 0. The number of hydrogen-bond acceptors (Lipinski definition) is 4. The van der Waals surface area contributed by atoms with E-state index in [1.807, 2.05) is 0 Å². The summed E-state index contributed by atoms with van der Waals surface area (Å²) in [7, 11) is -2.86. The van der Waals surface area contributed by atoms with Gasteiger partial charge in [0, 0.05) is 19.6 Å². The van der Waals surface area contributed by atoms with Gasteiger partial charge in [0.2, 0.25) is 0 Å².